The van der Waals surface area contributed by atoms with Crippen molar-refractivity contribution in [2.24, 2.45) is 10.9 Å². The zero-order valence-corrected chi connectivity index (χ0v) is 10.4. The van der Waals surface area contributed by atoms with Crippen LogP contribution in [0.25, 0.3) is 11.4 Å². The van der Waals surface area contributed by atoms with Gasteiger partial charge in [0.1, 0.15) is 11.6 Å². The molecule has 1 heterocycles. The lowest BCUT2D eigenvalue weighted by atomic mass is 10.2. The Labute approximate surface area is 109 Å². The lowest BCUT2D eigenvalue weighted by Gasteiger charge is -2.00. The van der Waals surface area contributed by atoms with Crippen LogP contribution in [0.1, 0.15) is 6.42 Å². The summed E-state index contributed by atoms with van der Waals surface area (Å²) in [5.41, 5.74) is 6.19. The minimum atomic E-state index is 0.125. The first-order chi connectivity index (χ1) is 9.22. The highest BCUT2D eigenvalue weighted by Crippen LogP contribution is 2.19. The summed E-state index contributed by atoms with van der Waals surface area (Å²) in [6.45, 7) is 0.396. The number of amidine groups is 1. The highest BCUT2D eigenvalue weighted by atomic mass is 16.5. The molecule has 3 N–H and O–H groups in total. The minimum absolute atomic E-state index is 0.125. The summed E-state index contributed by atoms with van der Waals surface area (Å²) in [7, 11) is 1.60. The zero-order chi connectivity index (χ0) is 13.7. The fourth-order valence-corrected chi connectivity index (χ4v) is 1.48. The Morgan fingerprint density at radius 3 is 3.11 bits per heavy atom. The molecular weight excluding hydrogens is 248 g/mol. The van der Waals surface area contributed by atoms with E-state index in [1.807, 2.05) is 24.3 Å². The van der Waals surface area contributed by atoms with E-state index in [1.54, 1.807) is 7.11 Å². The van der Waals surface area contributed by atoms with E-state index in [1.165, 1.54) is 4.80 Å². The number of benzene rings is 1. The second kappa shape index (κ2) is 5.80. The van der Waals surface area contributed by atoms with Crippen LogP contribution in [0.2, 0.25) is 0 Å². The Morgan fingerprint density at radius 2 is 2.37 bits per heavy atom. The Hall–Kier alpha value is -2.64. The van der Waals surface area contributed by atoms with Crippen LogP contribution in [0.5, 0.6) is 5.75 Å². The van der Waals surface area contributed by atoms with E-state index in [4.69, 9.17) is 15.7 Å². The lowest BCUT2D eigenvalue weighted by molar-refractivity contribution is 0.316. The van der Waals surface area contributed by atoms with Gasteiger partial charge in [-0.25, -0.2) is 0 Å². The number of nitrogens with zero attached hydrogens (tertiary/aromatic N) is 5. The van der Waals surface area contributed by atoms with Crippen LogP contribution in [-0.4, -0.2) is 38.4 Å². The second-order valence-electron chi connectivity index (χ2n) is 3.78. The van der Waals surface area contributed by atoms with Crippen LogP contribution in [-0.2, 0) is 6.54 Å². The maximum atomic E-state index is 8.44. The molecule has 0 spiro atoms. The molecule has 0 saturated heterocycles. The van der Waals surface area contributed by atoms with Crippen LogP contribution < -0.4 is 10.5 Å². The standard InChI is InChI=1S/C11H14N6O2/c1-19-9-4-2-3-8(7-9)11-13-16-17(14-11)6-5-10(12)15-18/h2-4,7,18H,5-6H2,1H3,(H2,12,15). The van der Waals surface area contributed by atoms with Gasteiger partial charge >= 0.3 is 0 Å². The lowest BCUT2D eigenvalue weighted by Crippen LogP contribution is -2.16. The largest absolute Gasteiger partial charge is 0.497 e. The van der Waals surface area contributed by atoms with Gasteiger partial charge < -0.3 is 15.7 Å². The maximum Gasteiger partial charge on any atom is 0.205 e. The fourth-order valence-electron chi connectivity index (χ4n) is 1.48. The van der Waals surface area contributed by atoms with E-state index >= 15 is 0 Å². The molecule has 0 aliphatic rings. The maximum absolute atomic E-state index is 8.44. The number of ether oxygens (including phenoxy) is 1. The molecule has 1 aromatic carbocycles. The molecule has 0 radical (unpaired) electrons. The molecule has 0 aliphatic heterocycles. The Morgan fingerprint density at radius 1 is 1.53 bits per heavy atom. The smallest absolute Gasteiger partial charge is 0.205 e. The third-order valence-corrected chi connectivity index (χ3v) is 2.48. The van der Waals surface area contributed by atoms with Crippen molar-refractivity contribution in [2.45, 2.75) is 13.0 Å². The van der Waals surface area contributed by atoms with Gasteiger partial charge in [0.05, 0.1) is 13.7 Å². The van der Waals surface area contributed by atoms with Crippen LogP contribution in [0, 0.1) is 0 Å². The van der Waals surface area contributed by atoms with Gasteiger partial charge in [0, 0.05) is 12.0 Å². The molecule has 1 aromatic heterocycles. The number of oxime groups is 1. The summed E-state index contributed by atoms with van der Waals surface area (Å²) >= 11 is 0. The Kier molecular flexibility index (Phi) is 3.91. The van der Waals surface area contributed by atoms with Gasteiger partial charge in [-0.15, -0.1) is 10.2 Å². The number of methoxy groups -OCH3 is 1. The number of tetrazole rings is 1. The van der Waals surface area contributed by atoms with Crippen molar-refractivity contribution < 1.29 is 9.94 Å². The van der Waals surface area contributed by atoms with Crippen molar-refractivity contribution in [3.05, 3.63) is 24.3 Å². The molecule has 19 heavy (non-hydrogen) atoms. The normalized spacial score (nSPS) is 11.5. The van der Waals surface area contributed by atoms with Crippen LogP contribution in [0.15, 0.2) is 29.4 Å². The van der Waals surface area contributed by atoms with E-state index in [-0.39, 0.29) is 5.84 Å². The summed E-state index contributed by atoms with van der Waals surface area (Å²) in [6.07, 6.45) is 0.352. The van der Waals surface area contributed by atoms with Crippen molar-refractivity contribution in [3.63, 3.8) is 0 Å². The van der Waals surface area contributed by atoms with Crippen molar-refractivity contribution in [3.8, 4) is 17.1 Å². The summed E-state index contributed by atoms with van der Waals surface area (Å²) in [6, 6.07) is 7.38. The van der Waals surface area contributed by atoms with Gasteiger partial charge in [0.15, 0.2) is 0 Å². The molecule has 2 rings (SSSR count). The van der Waals surface area contributed by atoms with E-state index < -0.39 is 0 Å². The number of aryl methyl sites for hydroxylation is 1. The fraction of sp³-hybridized carbons (Fsp3) is 0.273. The summed E-state index contributed by atoms with van der Waals surface area (Å²) in [4.78, 5) is 1.40. The van der Waals surface area contributed by atoms with Crippen molar-refractivity contribution in [1.82, 2.24) is 20.2 Å². The summed E-state index contributed by atoms with van der Waals surface area (Å²) in [5, 5.41) is 23.4. The average molecular weight is 262 g/mol. The van der Waals surface area contributed by atoms with E-state index in [0.717, 1.165) is 11.3 Å². The van der Waals surface area contributed by atoms with Crippen molar-refractivity contribution in [1.29, 1.82) is 0 Å². The monoisotopic (exact) mass is 262 g/mol. The Balaban J connectivity index is 2.11. The quantitative estimate of drug-likeness (QED) is 0.351. The molecule has 8 heteroatoms. The first kappa shape index (κ1) is 12.8. The predicted octanol–water partition coefficient (Wildman–Crippen LogP) is 0.485. The van der Waals surface area contributed by atoms with Gasteiger partial charge in [-0.05, 0) is 17.3 Å². The summed E-state index contributed by atoms with van der Waals surface area (Å²) < 4.78 is 5.13. The highest BCUT2D eigenvalue weighted by molar-refractivity contribution is 5.79. The molecule has 2 aromatic rings. The van der Waals surface area contributed by atoms with E-state index in [0.29, 0.717) is 18.8 Å². The summed E-state index contributed by atoms with van der Waals surface area (Å²) in [5.74, 6) is 1.35. The molecule has 0 fully saturated rings. The number of hydrogen-bond acceptors (Lipinski definition) is 6. The van der Waals surface area contributed by atoms with Crippen LogP contribution in [0.3, 0.4) is 0 Å². The molecule has 0 unspecified atom stereocenters. The van der Waals surface area contributed by atoms with Gasteiger partial charge in [0.25, 0.3) is 0 Å². The number of aromatic nitrogens is 4. The molecule has 100 valence electrons. The molecule has 8 nitrogen and oxygen atoms in total. The van der Waals surface area contributed by atoms with Crippen LogP contribution >= 0.6 is 0 Å². The van der Waals surface area contributed by atoms with Gasteiger partial charge in [0.2, 0.25) is 5.82 Å². The predicted molar refractivity (Wildman–Crippen MR) is 67.8 cm³/mol. The highest BCUT2D eigenvalue weighted by Gasteiger charge is 2.07. The molecule has 0 aliphatic carbocycles. The number of rotatable bonds is 5. The average Bonchev–Trinajstić information content (AvgIpc) is 2.93. The van der Waals surface area contributed by atoms with Gasteiger partial charge in [-0.2, -0.15) is 4.80 Å². The SMILES string of the molecule is COc1cccc(-c2nnn(CCC(N)=NO)n2)c1. The number of hydrogen-bond donors (Lipinski definition) is 2. The zero-order valence-electron chi connectivity index (χ0n) is 10.4. The van der Waals surface area contributed by atoms with Crippen LogP contribution in [0.4, 0.5) is 0 Å². The molecular formula is C11H14N6O2. The van der Waals surface area contributed by atoms with E-state index in [2.05, 4.69) is 20.6 Å². The first-order valence-electron chi connectivity index (χ1n) is 5.61. The van der Waals surface area contributed by atoms with E-state index in [9.17, 15) is 0 Å². The third-order valence-electron chi connectivity index (χ3n) is 2.48. The first-order valence-corrected chi connectivity index (χ1v) is 5.61. The van der Waals surface area contributed by atoms with Crippen molar-refractivity contribution >= 4 is 5.84 Å². The van der Waals surface area contributed by atoms with Gasteiger partial charge in [-0.1, -0.05) is 17.3 Å². The molecule has 0 amide bonds. The van der Waals surface area contributed by atoms with Gasteiger partial charge in [-0.3, -0.25) is 0 Å². The molecule has 0 bridgehead atoms. The molecule has 0 saturated carbocycles. The Bertz CT molecular complexity index is 580. The van der Waals surface area contributed by atoms with Crippen molar-refractivity contribution in [2.75, 3.05) is 7.11 Å². The number of nitrogens with two attached hydrogens (primary N) is 1. The second-order valence-corrected chi connectivity index (χ2v) is 3.78. The minimum Gasteiger partial charge on any atom is -0.497 e. The molecule has 0 atom stereocenters. The third kappa shape index (κ3) is 3.18. The topological polar surface area (TPSA) is 111 Å².